The third-order valence-electron chi connectivity index (χ3n) is 1.86. The van der Waals surface area contributed by atoms with Crippen molar-refractivity contribution in [3.05, 3.63) is 11.5 Å². The fourth-order valence-electron chi connectivity index (χ4n) is 1.05. The van der Waals surface area contributed by atoms with E-state index in [1.165, 1.54) is 0 Å². The van der Waals surface area contributed by atoms with Crippen LogP contribution in [0, 0.1) is 0 Å². The highest BCUT2D eigenvalue weighted by molar-refractivity contribution is 5.88. The van der Waals surface area contributed by atoms with Crippen molar-refractivity contribution in [2.45, 2.75) is 18.8 Å². The molecule has 0 saturated heterocycles. The van der Waals surface area contributed by atoms with Crippen molar-refractivity contribution in [1.82, 2.24) is 0 Å². The Balaban J connectivity index is 2.36. The molecule has 0 bridgehead atoms. The van der Waals surface area contributed by atoms with Gasteiger partial charge in [0.25, 0.3) is 6.29 Å². The lowest BCUT2D eigenvalue weighted by atomic mass is 10.2. The van der Waals surface area contributed by atoms with Gasteiger partial charge >= 0.3 is 11.9 Å². The first-order chi connectivity index (χ1) is 7.43. The largest absolute Gasteiger partial charge is 0.505 e. The molecule has 1 rings (SSSR count). The Bertz CT molecular complexity index is 333. The van der Waals surface area contributed by atoms with Crippen LogP contribution in [0.1, 0.15) is 6.42 Å². The van der Waals surface area contributed by atoms with Crippen LogP contribution in [0.25, 0.3) is 0 Å². The van der Waals surface area contributed by atoms with E-state index in [1.54, 1.807) is 0 Å². The summed E-state index contributed by atoms with van der Waals surface area (Å²) in [6.07, 6.45) is -3.13. The Morgan fingerprint density at radius 3 is 2.56 bits per heavy atom. The fraction of sp³-hybridized carbons (Fsp3) is 0.500. The number of hydrogen-bond acceptors (Lipinski definition) is 7. The molecule has 0 amide bonds. The second-order valence-electron chi connectivity index (χ2n) is 2.98. The third kappa shape index (κ3) is 2.61. The molecule has 2 atom stereocenters. The van der Waals surface area contributed by atoms with Crippen LogP contribution < -0.4 is 0 Å². The molecular weight excluding hydrogens is 224 g/mol. The Hall–Kier alpha value is -1.80. The van der Waals surface area contributed by atoms with Crippen LogP contribution in [0.3, 0.4) is 0 Å². The minimum atomic E-state index is -1.98. The molecule has 0 aromatic carbocycles. The highest BCUT2D eigenvalue weighted by Gasteiger charge is 2.34. The van der Waals surface area contributed by atoms with Gasteiger partial charge in [0.1, 0.15) is 0 Å². The average molecular weight is 234 g/mol. The minimum Gasteiger partial charge on any atom is -0.505 e. The van der Waals surface area contributed by atoms with Crippen LogP contribution >= 0.6 is 0 Å². The van der Waals surface area contributed by atoms with E-state index in [1.807, 2.05) is 0 Å². The molecule has 0 spiro atoms. The molecule has 0 radical (unpaired) electrons. The van der Waals surface area contributed by atoms with Gasteiger partial charge in [0, 0.05) is 6.42 Å². The minimum absolute atomic E-state index is 0.0774. The number of hydrogen-bond donors (Lipinski definition) is 4. The van der Waals surface area contributed by atoms with Gasteiger partial charge in [-0.2, -0.15) is 0 Å². The number of aliphatic hydroxyl groups excluding tert-OH is 3. The van der Waals surface area contributed by atoms with Gasteiger partial charge in [0.15, 0.2) is 11.9 Å². The molecule has 0 aromatic rings. The van der Waals surface area contributed by atoms with E-state index in [0.29, 0.717) is 0 Å². The van der Waals surface area contributed by atoms with Crippen molar-refractivity contribution in [3.8, 4) is 0 Å². The summed E-state index contributed by atoms with van der Waals surface area (Å²) in [5, 5.41) is 35.0. The summed E-state index contributed by atoms with van der Waals surface area (Å²) in [6, 6.07) is 0. The van der Waals surface area contributed by atoms with Crippen LogP contribution in [-0.4, -0.2) is 51.4 Å². The second-order valence-corrected chi connectivity index (χ2v) is 2.98. The topological polar surface area (TPSA) is 134 Å². The van der Waals surface area contributed by atoms with Gasteiger partial charge in [0.05, 0.1) is 6.61 Å². The van der Waals surface area contributed by atoms with E-state index in [9.17, 15) is 9.59 Å². The number of carbonyl (C=O) groups is 2. The van der Waals surface area contributed by atoms with Gasteiger partial charge in [-0.05, 0) is 0 Å². The third-order valence-corrected chi connectivity index (χ3v) is 1.86. The lowest BCUT2D eigenvalue weighted by molar-refractivity contribution is -0.177. The molecule has 8 nitrogen and oxygen atoms in total. The molecule has 1 unspecified atom stereocenters. The van der Waals surface area contributed by atoms with Crippen LogP contribution in [0.15, 0.2) is 11.5 Å². The Kier molecular flexibility index (Phi) is 3.69. The highest BCUT2D eigenvalue weighted by Crippen LogP contribution is 2.21. The van der Waals surface area contributed by atoms with Gasteiger partial charge in [-0.1, -0.05) is 0 Å². The van der Waals surface area contributed by atoms with Gasteiger partial charge in [-0.3, -0.25) is 0 Å². The molecular formula is C8H10O8. The SMILES string of the molecule is O=C1O[C@H](CCOC(O)C(=O)O)C(O)=C1O. The number of carboxylic acids is 1. The normalized spacial score (nSPS) is 22.1. The molecule has 0 aromatic heterocycles. The van der Waals surface area contributed by atoms with E-state index < -0.39 is 35.9 Å². The first-order valence-corrected chi connectivity index (χ1v) is 4.29. The maximum Gasteiger partial charge on any atom is 0.377 e. The Morgan fingerprint density at radius 1 is 1.50 bits per heavy atom. The molecule has 1 heterocycles. The number of aliphatic carboxylic acids is 1. The van der Waals surface area contributed by atoms with Crippen molar-refractivity contribution >= 4 is 11.9 Å². The predicted octanol–water partition coefficient (Wildman–Crippen LogP) is -0.951. The van der Waals surface area contributed by atoms with E-state index >= 15 is 0 Å². The molecule has 0 fully saturated rings. The molecule has 0 saturated carbocycles. The van der Waals surface area contributed by atoms with Gasteiger partial charge in [0.2, 0.25) is 5.76 Å². The molecule has 16 heavy (non-hydrogen) atoms. The van der Waals surface area contributed by atoms with Gasteiger partial charge in [-0.25, -0.2) is 9.59 Å². The monoisotopic (exact) mass is 234 g/mol. The average Bonchev–Trinajstić information content (AvgIpc) is 2.46. The summed E-state index contributed by atoms with van der Waals surface area (Å²) >= 11 is 0. The van der Waals surface area contributed by atoms with E-state index in [2.05, 4.69) is 9.47 Å². The Labute approximate surface area is 89.3 Å². The van der Waals surface area contributed by atoms with E-state index in [-0.39, 0.29) is 13.0 Å². The Morgan fingerprint density at radius 2 is 2.12 bits per heavy atom. The van der Waals surface area contributed by atoms with Gasteiger partial charge in [-0.15, -0.1) is 0 Å². The number of cyclic esters (lactones) is 1. The summed E-state index contributed by atoms with van der Waals surface area (Å²) in [6.45, 7) is -0.261. The van der Waals surface area contributed by atoms with Crippen molar-refractivity contribution in [2.75, 3.05) is 6.61 Å². The maximum atomic E-state index is 10.7. The first kappa shape index (κ1) is 12.3. The van der Waals surface area contributed by atoms with Crippen LogP contribution in [0.4, 0.5) is 0 Å². The highest BCUT2D eigenvalue weighted by atomic mass is 16.6. The lowest BCUT2D eigenvalue weighted by Gasteiger charge is -2.11. The molecule has 90 valence electrons. The van der Waals surface area contributed by atoms with Crippen LogP contribution in [0.5, 0.6) is 0 Å². The number of esters is 1. The van der Waals surface area contributed by atoms with E-state index in [4.69, 9.17) is 20.4 Å². The van der Waals surface area contributed by atoms with Crippen molar-refractivity contribution in [3.63, 3.8) is 0 Å². The molecule has 8 heteroatoms. The summed E-state index contributed by atoms with van der Waals surface area (Å²) in [7, 11) is 0. The number of carboxylic acid groups (broad SMARTS) is 1. The van der Waals surface area contributed by atoms with Crippen LogP contribution in [0.2, 0.25) is 0 Å². The summed E-state index contributed by atoms with van der Waals surface area (Å²) in [5.41, 5.74) is 0. The molecule has 1 aliphatic rings. The summed E-state index contributed by atoms with van der Waals surface area (Å²) < 4.78 is 8.94. The van der Waals surface area contributed by atoms with Crippen LogP contribution in [-0.2, 0) is 19.1 Å². The number of ether oxygens (including phenoxy) is 2. The number of rotatable bonds is 5. The van der Waals surface area contributed by atoms with Crippen molar-refractivity contribution in [2.24, 2.45) is 0 Å². The molecule has 1 aliphatic heterocycles. The number of carbonyl (C=O) groups excluding carboxylic acids is 1. The van der Waals surface area contributed by atoms with Gasteiger partial charge < -0.3 is 29.9 Å². The summed E-state index contributed by atoms with van der Waals surface area (Å²) in [5.74, 6) is -4.10. The van der Waals surface area contributed by atoms with E-state index in [0.717, 1.165) is 0 Å². The zero-order valence-corrected chi connectivity index (χ0v) is 7.99. The quantitative estimate of drug-likeness (QED) is 0.353. The lowest BCUT2D eigenvalue weighted by Crippen LogP contribution is -2.25. The first-order valence-electron chi connectivity index (χ1n) is 4.29. The standard InChI is InChI=1S/C8H10O8/c9-4-3(16-7(13)5(4)10)1-2-15-8(14)6(11)12/h3,8-10,14H,1-2H2,(H,11,12)/t3-,8?/m1/s1. The fourth-order valence-corrected chi connectivity index (χ4v) is 1.05. The smallest absolute Gasteiger partial charge is 0.377 e. The predicted molar refractivity (Wildman–Crippen MR) is 46.4 cm³/mol. The molecule has 0 aliphatic carbocycles. The number of aliphatic hydroxyl groups is 3. The van der Waals surface area contributed by atoms with Crippen molar-refractivity contribution in [1.29, 1.82) is 0 Å². The van der Waals surface area contributed by atoms with Crippen molar-refractivity contribution < 1.29 is 39.5 Å². The zero-order chi connectivity index (χ0) is 12.3. The second kappa shape index (κ2) is 4.81. The summed E-state index contributed by atoms with van der Waals surface area (Å²) in [4.78, 5) is 20.9. The zero-order valence-electron chi connectivity index (χ0n) is 7.99. The maximum absolute atomic E-state index is 10.7. The molecule has 4 N–H and O–H groups in total.